The van der Waals surface area contributed by atoms with Gasteiger partial charge in [-0.05, 0) is 36.3 Å². The van der Waals surface area contributed by atoms with Gasteiger partial charge >= 0.3 is 5.97 Å². The summed E-state index contributed by atoms with van der Waals surface area (Å²) in [6, 6.07) is 5.50. The van der Waals surface area contributed by atoms with Crippen LogP contribution < -0.4 is 40.7 Å². The number of allylic oxidation sites excluding steroid dienone is 1. The maximum absolute atomic E-state index is 13.6. The van der Waals surface area contributed by atoms with Gasteiger partial charge in [0, 0.05) is 6.42 Å². The molecule has 37 heavy (non-hydrogen) atoms. The van der Waals surface area contributed by atoms with Gasteiger partial charge in [-0.1, -0.05) is 12.1 Å². The Hall–Kier alpha value is -3.24. The third-order valence-electron chi connectivity index (χ3n) is 6.53. The Morgan fingerprint density at radius 1 is 1.05 bits per heavy atom. The van der Waals surface area contributed by atoms with Crippen molar-refractivity contribution in [3.8, 4) is 28.7 Å². The largest absolute Gasteiger partial charge is 1.00 e. The Morgan fingerprint density at radius 3 is 2.49 bits per heavy atom. The monoisotopic (exact) mass is 577 g/mol. The number of ether oxygens (including phenoxy) is 6. The minimum absolute atomic E-state index is 0. The van der Waals surface area contributed by atoms with Crippen LogP contribution in [-0.4, -0.2) is 71.1 Å². The van der Waals surface area contributed by atoms with Gasteiger partial charge in [0.05, 0.1) is 52.7 Å². The third-order valence-corrected chi connectivity index (χ3v) is 6.53. The van der Waals surface area contributed by atoms with Crippen LogP contribution in [0.15, 0.2) is 24.3 Å². The van der Waals surface area contributed by atoms with Crippen LogP contribution in [0.2, 0.25) is 0 Å². The molecule has 2 heterocycles. The first-order valence-electron chi connectivity index (χ1n) is 11.8. The van der Waals surface area contributed by atoms with Crippen molar-refractivity contribution in [2.45, 2.75) is 19.9 Å². The predicted molar refractivity (Wildman–Crippen MR) is 132 cm³/mol. The molecule has 2 aliphatic rings. The second kappa shape index (κ2) is 11.9. The quantitative estimate of drug-likeness (QED) is 0.183. The summed E-state index contributed by atoms with van der Waals surface area (Å²) in [5.41, 5.74) is 2.97. The summed E-state index contributed by atoms with van der Waals surface area (Å²) in [4.78, 5) is 25.6. The van der Waals surface area contributed by atoms with Gasteiger partial charge in [-0.2, -0.15) is 0 Å². The Labute approximate surface area is 227 Å². The fourth-order valence-corrected chi connectivity index (χ4v) is 4.79. The molecule has 0 spiro atoms. The van der Waals surface area contributed by atoms with Gasteiger partial charge in [0.2, 0.25) is 12.5 Å². The van der Waals surface area contributed by atoms with E-state index in [1.165, 1.54) is 13.2 Å². The van der Waals surface area contributed by atoms with Gasteiger partial charge < -0.3 is 49.9 Å². The van der Waals surface area contributed by atoms with Crippen LogP contribution in [0.5, 0.6) is 28.7 Å². The second-order valence-electron chi connectivity index (χ2n) is 8.96. The molecule has 9 nitrogen and oxygen atoms in total. The van der Waals surface area contributed by atoms with Crippen molar-refractivity contribution in [2.75, 3.05) is 54.9 Å². The average molecular weight is 578 g/mol. The number of hydrogen-bond donors (Lipinski definition) is 0. The van der Waals surface area contributed by atoms with Crippen molar-refractivity contribution in [1.29, 1.82) is 0 Å². The Bertz CT molecular complexity index is 1210. The molecule has 0 saturated carbocycles. The number of carbonyl (C=O) groups is 2. The summed E-state index contributed by atoms with van der Waals surface area (Å²) >= 11 is 0. The van der Waals surface area contributed by atoms with E-state index in [1.54, 1.807) is 20.3 Å². The number of halogens is 1. The lowest BCUT2D eigenvalue weighted by molar-refractivity contribution is -0.917. The summed E-state index contributed by atoms with van der Waals surface area (Å²) in [6.45, 7) is 3.80. The molecule has 2 aromatic rings. The minimum Gasteiger partial charge on any atom is -1.00 e. The number of fused-ring (bicyclic) bond motifs is 2. The molecular formula is C27H32BrNO8. The molecule has 1 atom stereocenters. The SMILES string of the molecule is CCOc1ccc(/C=C/C(=O)c2c3c(c(OC)c4c2OCO4)C[N+](C)(CC(=O)OC)CC3)cc1OC.[Br-]. The number of hydrogen-bond acceptors (Lipinski definition) is 8. The molecule has 0 aromatic heterocycles. The number of ketones is 1. The first-order valence-corrected chi connectivity index (χ1v) is 11.8. The van der Waals surface area contributed by atoms with Crippen LogP contribution in [0.4, 0.5) is 0 Å². The first kappa shape index (κ1) is 28.3. The molecule has 0 amide bonds. The topological polar surface area (TPSA) is 89.5 Å². The van der Waals surface area contributed by atoms with Crippen molar-refractivity contribution >= 4 is 17.8 Å². The number of quaternary nitrogens is 1. The number of methoxy groups -OCH3 is 3. The van der Waals surface area contributed by atoms with Gasteiger partial charge in [-0.25, -0.2) is 4.79 Å². The maximum Gasteiger partial charge on any atom is 0.361 e. The zero-order valence-electron chi connectivity index (χ0n) is 21.7. The van der Waals surface area contributed by atoms with E-state index in [-0.39, 0.29) is 42.1 Å². The molecular weight excluding hydrogens is 546 g/mol. The first-order chi connectivity index (χ1) is 17.3. The molecule has 0 bridgehead atoms. The second-order valence-corrected chi connectivity index (χ2v) is 8.96. The molecule has 2 aromatic carbocycles. The molecule has 0 radical (unpaired) electrons. The zero-order valence-corrected chi connectivity index (χ0v) is 23.3. The number of nitrogens with zero attached hydrogens (tertiary/aromatic N) is 1. The fourth-order valence-electron chi connectivity index (χ4n) is 4.79. The van der Waals surface area contributed by atoms with Gasteiger partial charge in [0.1, 0.15) is 6.54 Å². The van der Waals surface area contributed by atoms with E-state index in [9.17, 15) is 9.59 Å². The zero-order chi connectivity index (χ0) is 25.9. The number of carbonyl (C=O) groups excluding carboxylic acids is 2. The highest BCUT2D eigenvalue weighted by Gasteiger charge is 2.40. The van der Waals surface area contributed by atoms with Crippen LogP contribution in [-0.2, 0) is 22.5 Å². The van der Waals surface area contributed by atoms with Gasteiger partial charge in [0.25, 0.3) is 0 Å². The van der Waals surface area contributed by atoms with E-state index in [0.717, 1.165) is 16.7 Å². The summed E-state index contributed by atoms with van der Waals surface area (Å²) < 4.78 is 33.5. The smallest absolute Gasteiger partial charge is 0.361 e. The normalized spacial score (nSPS) is 17.5. The van der Waals surface area contributed by atoms with Crippen LogP contribution in [0.25, 0.3) is 6.08 Å². The summed E-state index contributed by atoms with van der Waals surface area (Å²) in [5, 5.41) is 0. The van der Waals surface area contributed by atoms with E-state index in [4.69, 9.17) is 28.4 Å². The summed E-state index contributed by atoms with van der Waals surface area (Å²) in [7, 11) is 6.52. The van der Waals surface area contributed by atoms with Crippen molar-refractivity contribution in [2.24, 2.45) is 0 Å². The molecule has 1 unspecified atom stereocenters. The Kier molecular flexibility index (Phi) is 9.09. The highest BCUT2D eigenvalue weighted by Crippen LogP contribution is 2.50. The molecule has 0 fully saturated rings. The summed E-state index contributed by atoms with van der Waals surface area (Å²) in [5.74, 6) is 2.11. The maximum atomic E-state index is 13.6. The summed E-state index contributed by atoms with van der Waals surface area (Å²) in [6.07, 6.45) is 3.83. The number of rotatable bonds is 9. The predicted octanol–water partition coefficient (Wildman–Crippen LogP) is 0.407. The van der Waals surface area contributed by atoms with Crippen molar-refractivity contribution in [1.82, 2.24) is 0 Å². The molecule has 2 aliphatic heterocycles. The van der Waals surface area contributed by atoms with Crippen LogP contribution in [0.1, 0.15) is 34.0 Å². The third kappa shape index (κ3) is 5.70. The highest BCUT2D eigenvalue weighted by atomic mass is 79.9. The molecule has 4 rings (SSSR count). The van der Waals surface area contributed by atoms with Crippen LogP contribution in [0.3, 0.4) is 0 Å². The molecule has 10 heteroatoms. The van der Waals surface area contributed by atoms with Gasteiger partial charge in [0.15, 0.2) is 35.3 Å². The Morgan fingerprint density at radius 2 is 1.81 bits per heavy atom. The van der Waals surface area contributed by atoms with Gasteiger partial charge in [-0.3, -0.25) is 4.79 Å². The van der Waals surface area contributed by atoms with E-state index < -0.39 is 0 Å². The number of benzene rings is 2. The molecule has 0 aliphatic carbocycles. The minimum atomic E-state index is -0.286. The van der Waals surface area contributed by atoms with Crippen molar-refractivity contribution in [3.63, 3.8) is 0 Å². The molecule has 200 valence electrons. The lowest BCUT2D eigenvalue weighted by atomic mass is 9.89. The van der Waals surface area contributed by atoms with Crippen molar-refractivity contribution < 1.29 is 59.5 Å². The lowest BCUT2D eigenvalue weighted by Gasteiger charge is -2.38. The number of likely N-dealkylation sites (N-methyl/N-ethyl adjacent to an activating group) is 1. The van der Waals surface area contributed by atoms with Crippen LogP contribution in [0, 0.1) is 0 Å². The van der Waals surface area contributed by atoms with E-state index in [1.807, 2.05) is 32.2 Å². The molecule has 0 saturated heterocycles. The lowest BCUT2D eigenvalue weighted by Crippen LogP contribution is -3.00. The number of esters is 1. The molecule has 0 N–H and O–H groups in total. The fraction of sp³-hybridized carbons (Fsp3) is 0.407. The Balaban J connectivity index is 0.00000380. The average Bonchev–Trinajstić information content (AvgIpc) is 3.35. The van der Waals surface area contributed by atoms with E-state index >= 15 is 0 Å². The standard InChI is InChI=1S/C27H32NO8.BrH/c1-6-34-21-10-8-17(13-22(21)31-3)7-9-20(29)24-18-11-12-28(2,15-23(30)32-4)14-19(18)25(33-5)27-26(24)35-16-36-27;/h7-10,13H,6,11-12,14-16H2,1-5H3;1H/q+1;/p-1/b9-7+;. The van der Waals surface area contributed by atoms with Crippen molar-refractivity contribution in [3.05, 3.63) is 46.5 Å². The highest BCUT2D eigenvalue weighted by molar-refractivity contribution is 6.11. The van der Waals surface area contributed by atoms with E-state index in [2.05, 4.69) is 0 Å². The van der Waals surface area contributed by atoms with Gasteiger partial charge in [-0.15, -0.1) is 0 Å². The van der Waals surface area contributed by atoms with E-state index in [0.29, 0.717) is 64.9 Å². The van der Waals surface area contributed by atoms with Crippen LogP contribution >= 0.6 is 0 Å².